The number of amides is 1. The summed E-state index contributed by atoms with van der Waals surface area (Å²) < 4.78 is 32.9. The molecule has 7 heteroatoms. The minimum absolute atomic E-state index is 0.126. The molecule has 0 aromatic heterocycles. The third kappa shape index (κ3) is 4.73. The average molecular weight is 348 g/mol. The first kappa shape index (κ1) is 17.8. The Hall–Kier alpha value is -2.54. The molecule has 3 N–H and O–H groups in total. The molecule has 0 saturated heterocycles. The van der Waals surface area contributed by atoms with E-state index in [1.807, 2.05) is 13.0 Å². The molecule has 2 aromatic carbocycles. The van der Waals surface area contributed by atoms with Crippen molar-refractivity contribution in [3.8, 4) is 5.75 Å². The molecule has 1 amide bonds. The molecule has 0 atom stereocenters. The number of primary amides is 1. The zero-order chi connectivity index (χ0) is 17.7. The van der Waals surface area contributed by atoms with Gasteiger partial charge in [-0.25, -0.2) is 8.42 Å². The van der Waals surface area contributed by atoms with Crippen molar-refractivity contribution in [3.05, 3.63) is 53.6 Å². The van der Waals surface area contributed by atoms with Crippen LogP contribution >= 0.6 is 0 Å². The first-order chi connectivity index (χ1) is 11.3. The monoisotopic (exact) mass is 348 g/mol. The first-order valence-corrected chi connectivity index (χ1v) is 8.87. The second-order valence-electron chi connectivity index (χ2n) is 5.46. The molecule has 0 heterocycles. The van der Waals surface area contributed by atoms with Gasteiger partial charge in [0.25, 0.3) is 10.0 Å². The number of anilines is 1. The van der Waals surface area contributed by atoms with E-state index in [1.54, 1.807) is 43.3 Å². The standard InChI is InChI=1S/C17H20N2O4S/c1-12-3-4-13(2)16(11-12)24(21,22)19-14-5-7-15(8-6-14)23-10-9-17(18)20/h3-8,11,19H,9-10H2,1-2H3,(H2,18,20). The second kappa shape index (κ2) is 7.35. The van der Waals surface area contributed by atoms with Gasteiger partial charge in [0.1, 0.15) is 5.75 Å². The number of carbonyl (C=O) groups excluding carboxylic acids is 1. The number of carbonyl (C=O) groups is 1. The number of rotatable bonds is 7. The van der Waals surface area contributed by atoms with E-state index in [1.165, 1.54) is 0 Å². The third-order valence-electron chi connectivity index (χ3n) is 3.36. The van der Waals surface area contributed by atoms with Crippen molar-refractivity contribution >= 4 is 21.6 Å². The maximum absolute atomic E-state index is 12.5. The van der Waals surface area contributed by atoms with Crippen LogP contribution in [0.1, 0.15) is 17.5 Å². The maximum atomic E-state index is 12.5. The molecule has 0 radical (unpaired) electrons. The lowest BCUT2D eigenvalue weighted by molar-refractivity contribution is -0.118. The summed E-state index contributed by atoms with van der Waals surface area (Å²) in [5.41, 5.74) is 7.02. The van der Waals surface area contributed by atoms with E-state index in [4.69, 9.17) is 10.5 Å². The van der Waals surface area contributed by atoms with Crippen molar-refractivity contribution in [1.29, 1.82) is 0 Å². The number of nitrogens with two attached hydrogens (primary N) is 1. The molecule has 2 aromatic rings. The van der Waals surface area contributed by atoms with Crippen LogP contribution in [0, 0.1) is 13.8 Å². The molecule has 2 rings (SSSR count). The van der Waals surface area contributed by atoms with Crippen LogP contribution in [0.4, 0.5) is 5.69 Å². The van der Waals surface area contributed by atoms with Gasteiger partial charge in [-0.2, -0.15) is 0 Å². The summed E-state index contributed by atoms with van der Waals surface area (Å²) in [6, 6.07) is 11.7. The average Bonchev–Trinajstić information content (AvgIpc) is 2.51. The summed E-state index contributed by atoms with van der Waals surface area (Å²) in [5.74, 6) is 0.0961. The van der Waals surface area contributed by atoms with Crippen molar-refractivity contribution < 1.29 is 17.9 Å². The quantitative estimate of drug-likeness (QED) is 0.802. The van der Waals surface area contributed by atoms with Crippen molar-refractivity contribution in [2.24, 2.45) is 5.73 Å². The lowest BCUT2D eigenvalue weighted by atomic mass is 10.2. The maximum Gasteiger partial charge on any atom is 0.262 e. The SMILES string of the molecule is Cc1ccc(C)c(S(=O)(=O)Nc2ccc(OCCC(N)=O)cc2)c1. The summed E-state index contributed by atoms with van der Waals surface area (Å²) in [5, 5.41) is 0. The van der Waals surface area contributed by atoms with Crippen LogP contribution in [0.15, 0.2) is 47.4 Å². The highest BCUT2D eigenvalue weighted by atomic mass is 32.2. The first-order valence-electron chi connectivity index (χ1n) is 7.39. The molecule has 0 spiro atoms. The van der Waals surface area contributed by atoms with Gasteiger partial charge >= 0.3 is 0 Å². The van der Waals surface area contributed by atoms with Gasteiger partial charge in [0.15, 0.2) is 0 Å². The number of hydrogen-bond acceptors (Lipinski definition) is 4. The van der Waals surface area contributed by atoms with Crippen LogP contribution in [0.5, 0.6) is 5.75 Å². The lowest BCUT2D eigenvalue weighted by Gasteiger charge is -2.12. The zero-order valence-corrected chi connectivity index (χ0v) is 14.4. The summed E-state index contributed by atoms with van der Waals surface area (Å²) in [4.78, 5) is 10.9. The van der Waals surface area contributed by atoms with E-state index in [2.05, 4.69) is 4.72 Å². The molecule has 0 aliphatic carbocycles. The van der Waals surface area contributed by atoms with Gasteiger partial charge in [-0.1, -0.05) is 12.1 Å². The van der Waals surface area contributed by atoms with Crippen LogP contribution < -0.4 is 15.2 Å². The van der Waals surface area contributed by atoms with Crippen molar-refractivity contribution in [1.82, 2.24) is 0 Å². The molecule has 128 valence electrons. The minimum atomic E-state index is -3.66. The van der Waals surface area contributed by atoms with Gasteiger partial charge in [0, 0.05) is 5.69 Å². The highest BCUT2D eigenvalue weighted by Gasteiger charge is 2.17. The summed E-state index contributed by atoms with van der Waals surface area (Å²) >= 11 is 0. The van der Waals surface area contributed by atoms with E-state index in [-0.39, 0.29) is 17.9 Å². The van der Waals surface area contributed by atoms with Gasteiger partial charge in [-0.15, -0.1) is 0 Å². The van der Waals surface area contributed by atoms with E-state index >= 15 is 0 Å². The van der Waals surface area contributed by atoms with Gasteiger partial charge < -0.3 is 10.5 Å². The largest absolute Gasteiger partial charge is 0.493 e. The Labute approximate surface area is 141 Å². The fourth-order valence-corrected chi connectivity index (χ4v) is 3.48. The highest BCUT2D eigenvalue weighted by Crippen LogP contribution is 2.22. The van der Waals surface area contributed by atoms with Gasteiger partial charge in [-0.3, -0.25) is 9.52 Å². The third-order valence-corrected chi connectivity index (χ3v) is 4.88. The number of nitrogens with one attached hydrogen (secondary N) is 1. The van der Waals surface area contributed by atoms with Gasteiger partial charge in [0.05, 0.1) is 17.9 Å². The fourth-order valence-electron chi connectivity index (χ4n) is 2.10. The fraction of sp³-hybridized carbons (Fsp3) is 0.235. The van der Waals surface area contributed by atoms with Crippen LogP contribution in [0.3, 0.4) is 0 Å². The molecule has 0 unspecified atom stereocenters. The van der Waals surface area contributed by atoms with Crippen LogP contribution in [-0.2, 0) is 14.8 Å². The lowest BCUT2D eigenvalue weighted by Crippen LogP contribution is -2.15. The predicted octanol–water partition coefficient (Wildman–Crippen LogP) is 2.36. The number of hydrogen-bond donors (Lipinski definition) is 2. The molecule has 0 aliphatic rings. The van der Waals surface area contributed by atoms with Crippen LogP contribution in [0.25, 0.3) is 0 Å². The highest BCUT2D eigenvalue weighted by molar-refractivity contribution is 7.92. The molecular weight excluding hydrogens is 328 g/mol. The summed E-state index contributed by atoms with van der Waals surface area (Å²) in [7, 11) is -3.66. The normalized spacial score (nSPS) is 11.1. The molecule has 0 bridgehead atoms. The Morgan fingerprint density at radius 3 is 2.42 bits per heavy atom. The topological polar surface area (TPSA) is 98.5 Å². The predicted molar refractivity (Wildman–Crippen MR) is 92.5 cm³/mol. The smallest absolute Gasteiger partial charge is 0.262 e. The second-order valence-corrected chi connectivity index (χ2v) is 7.11. The number of ether oxygens (including phenoxy) is 1. The minimum Gasteiger partial charge on any atom is -0.493 e. The number of aryl methyl sites for hydroxylation is 2. The van der Waals surface area contributed by atoms with E-state index in [9.17, 15) is 13.2 Å². The molecule has 0 saturated carbocycles. The molecular formula is C17H20N2O4S. The van der Waals surface area contributed by atoms with E-state index in [0.29, 0.717) is 17.0 Å². The van der Waals surface area contributed by atoms with Crippen LogP contribution in [-0.4, -0.2) is 20.9 Å². The van der Waals surface area contributed by atoms with Crippen molar-refractivity contribution in [2.75, 3.05) is 11.3 Å². The van der Waals surface area contributed by atoms with E-state index in [0.717, 1.165) is 5.56 Å². The molecule has 6 nitrogen and oxygen atoms in total. The Morgan fingerprint density at radius 2 is 1.79 bits per heavy atom. The van der Waals surface area contributed by atoms with Gasteiger partial charge in [0.2, 0.25) is 5.91 Å². The summed E-state index contributed by atoms with van der Waals surface area (Å²) in [6.45, 7) is 3.78. The van der Waals surface area contributed by atoms with Crippen molar-refractivity contribution in [2.45, 2.75) is 25.2 Å². The Kier molecular flexibility index (Phi) is 5.46. The molecule has 24 heavy (non-hydrogen) atoms. The summed E-state index contributed by atoms with van der Waals surface area (Å²) in [6.07, 6.45) is 0.126. The Bertz CT molecular complexity index is 830. The number of sulfonamides is 1. The Balaban J connectivity index is 2.10. The van der Waals surface area contributed by atoms with Crippen molar-refractivity contribution in [3.63, 3.8) is 0 Å². The zero-order valence-electron chi connectivity index (χ0n) is 13.6. The van der Waals surface area contributed by atoms with Gasteiger partial charge in [-0.05, 0) is 55.3 Å². The van der Waals surface area contributed by atoms with E-state index < -0.39 is 15.9 Å². The van der Waals surface area contributed by atoms with Crippen LogP contribution in [0.2, 0.25) is 0 Å². The molecule has 0 fully saturated rings. The molecule has 0 aliphatic heterocycles. The number of benzene rings is 2. The Morgan fingerprint density at radius 1 is 1.12 bits per heavy atom.